The van der Waals surface area contributed by atoms with Gasteiger partial charge in [-0.2, -0.15) is 10.1 Å². The van der Waals surface area contributed by atoms with Crippen molar-refractivity contribution < 1.29 is 9.47 Å². The van der Waals surface area contributed by atoms with E-state index < -0.39 is 0 Å². The fraction of sp³-hybridized carbons (Fsp3) is 0.211. The molecule has 7 nitrogen and oxygen atoms in total. The zero-order chi connectivity index (χ0) is 19.1. The van der Waals surface area contributed by atoms with Gasteiger partial charge in [-0.1, -0.05) is 36.0 Å². The summed E-state index contributed by atoms with van der Waals surface area (Å²) >= 11 is 1.54. The van der Waals surface area contributed by atoms with Gasteiger partial charge in [-0.15, -0.1) is 5.10 Å². The van der Waals surface area contributed by atoms with E-state index >= 15 is 0 Å². The Morgan fingerprint density at radius 2 is 1.89 bits per heavy atom. The second-order valence-corrected chi connectivity index (χ2v) is 6.59. The Balaban J connectivity index is 1.56. The first-order chi connectivity index (χ1) is 13.2. The Bertz CT molecular complexity index is 908. The van der Waals surface area contributed by atoms with E-state index in [2.05, 4.69) is 25.7 Å². The van der Waals surface area contributed by atoms with E-state index in [1.54, 1.807) is 26.0 Å². The standard InChI is InChI=1S/C19H21N5O2S/c1-13(15-5-4-6-17(11-15)26-3)21-22-18-20-19(24-23-18)27-12-14-7-9-16(25-2)10-8-14/h4-11H,12H2,1-3H3,(H2,20,22,23,24)/b21-13+. The van der Waals surface area contributed by atoms with Crippen LogP contribution in [0.3, 0.4) is 0 Å². The number of nitrogens with one attached hydrogen (secondary N) is 2. The Morgan fingerprint density at radius 3 is 2.63 bits per heavy atom. The number of hydrogen-bond donors (Lipinski definition) is 2. The summed E-state index contributed by atoms with van der Waals surface area (Å²) in [4.78, 5) is 4.39. The number of benzene rings is 2. The van der Waals surface area contributed by atoms with Gasteiger partial charge in [-0.05, 0) is 36.8 Å². The number of ether oxygens (including phenoxy) is 2. The number of rotatable bonds is 8. The van der Waals surface area contributed by atoms with Gasteiger partial charge in [-0.25, -0.2) is 10.5 Å². The molecule has 0 atom stereocenters. The molecule has 2 N–H and O–H groups in total. The van der Waals surface area contributed by atoms with E-state index in [4.69, 9.17) is 9.47 Å². The van der Waals surface area contributed by atoms with Crippen LogP contribution >= 0.6 is 11.8 Å². The molecule has 0 amide bonds. The van der Waals surface area contributed by atoms with Crippen molar-refractivity contribution in [1.29, 1.82) is 0 Å². The van der Waals surface area contributed by atoms with Crippen LogP contribution in [0.2, 0.25) is 0 Å². The van der Waals surface area contributed by atoms with E-state index in [-0.39, 0.29) is 0 Å². The van der Waals surface area contributed by atoms with Gasteiger partial charge in [-0.3, -0.25) is 0 Å². The minimum Gasteiger partial charge on any atom is -0.497 e. The van der Waals surface area contributed by atoms with Crippen LogP contribution in [-0.2, 0) is 5.75 Å². The quantitative estimate of drug-likeness (QED) is 0.348. The van der Waals surface area contributed by atoms with Crippen molar-refractivity contribution in [1.82, 2.24) is 15.2 Å². The molecule has 0 aliphatic rings. The van der Waals surface area contributed by atoms with Crippen molar-refractivity contribution in [3.8, 4) is 11.5 Å². The summed E-state index contributed by atoms with van der Waals surface area (Å²) in [5.74, 6) is 2.90. The maximum Gasteiger partial charge on any atom is 0.240 e. The average Bonchev–Trinajstić information content (AvgIpc) is 3.18. The summed E-state index contributed by atoms with van der Waals surface area (Å²) in [6.07, 6.45) is 0. The van der Waals surface area contributed by atoms with Gasteiger partial charge in [0, 0.05) is 11.3 Å². The number of thioether (sulfide) groups is 1. The number of H-pyrrole nitrogens is 1. The minimum absolute atomic E-state index is 0.495. The molecule has 1 aromatic heterocycles. The Morgan fingerprint density at radius 1 is 1.11 bits per heavy atom. The Kier molecular flexibility index (Phi) is 6.32. The second kappa shape index (κ2) is 9.09. The topological polar surface area (TPSA) is 84.4 Å². The molecule has 8 heteroatoms. The van der Waals surface area contributed by atoms with Crippen LogP contribution in [0.4, 0.5) is 5.95 Å². The van der Waals surface area contributed by atoms with Crippen LogP contribution in [-0.4, -0.2) is 35.1 Å². The second-order valence-electron chi connectivity index (χ2n) is 5.64. The monoisotopic (exact) mass is 383 g/mol. The van der Waals surface area contributed by atoms with Crippen LogP contribution in [0.5, 0.6) is 11.5 Å². The first kappa shape index (κ1) is 18.8. The Labute approximate surface area is 162 Å². The van der Waals surface area contributed by atoms with Crippen molar-refractivity contribution in [3.63, 3.8) is 0 Å². The number of hydrazone groups is 1. The normalized spacial score (nSPS) is 11.3. The molecule has 0 aliphatic carbocycles. The predicted molar refractivity (Wildman–Crippen MR) is 108 cm³/mol. The molecular weight excluding hydrogens is 362 g/mol. The fourth-order valence-electron chi connectivity index (χ4n) is 2.28. The molecule has 1 heterocycles. The first-order valence-electron chi connectivity index (χ1n) is 8.31. The van der Waals surface area contributed by atoms with Crippen LogP contribution in [0.25, 0.3) is 0 Å². The lowest BCUT2D eigenvalue weighted by atomic mass is 10.1. The van der Waals surface area contributed by atoms with Crippen molar-refractivity contribution in [2.45, 2.75) is 17.8 Å². The van der Waals surface area contributed by atoms with Crippen molar-refractivity contribution in [2.75, 3.05) is 19.6 Å². The number of anilines is 1. The lowest BCUT2D eigenvalue weighted by molar-refractivity contribution is 0.414. The molecule has 0 spiro atoms. The van der Waals surface area contributed by atoms with E-state index in [0.29, 0.717) is 11.1 Å². The van der Waals surface area contributed by atoms with Gasteiger partial charge in [0.2, 0.25) is 11.1 Å². The molecule has 2 aromatic carbocycles. The minimum atomic E-state index is 0.495. The molecule has 0 radical (unpaired) electrons. The third kappa shape index (κ3) is 5.24. The van der Waals surface area contributed by atoms with Gasteiger partial charge in [0.15, 0.2) is 0 Å². The summed E-state index contributed by atoms with van der Waals surface area (Å²) in [5.41, 5.74) is 5.86. The van der Waals surface area contributed by atoms with Crippen molar-refractivity contribution in [3.05, 3.63) is 59.7 Å². The van der Waals surface area contributed by atoms with Crippen molar-refractivity contribution in [2.24, 2.45) is 5.10 Å². The zero-order valence-electron chi connectivity index (χ0n) is 15.4. The molecule has 3 aromatic rings. The van der Waals surface area contributed by atoms with Crippen molar-refractivity contribution >= 4 is 23.4 Å². The number of hydrogen-bond acceptors (Lipinski definition) is 7. The van der Waals surface area contributed by atoms with E-state index in [9.17, 15) is 0 Å². The van der Waals surface area contributed by atoms with E-state index in [1.165, 1.54) is 5.56 Å². The van der Waals surface area contributed by atoms with Crippen LogP contribution < -0.4 is 14.9 Å². The lowest BCUT2D eigenvalue weighted by Crippen LogP contribution is -2.01. The molecule has 3 rings (SSSR count). The smallest absolute Gasteiger partial charge is 0.240 e. The highest BCUT2D eigenvalue weighted by Crippen LogP contribution is 2.21. The number of nitrogens with zero attached hydrogens (tertiary/aromatic N) is 3. The summed E-state index contributed by atoms with van der Waals surface area (Å²) in [6.45, 7) is 1.91. The van der Waals surface area contributed by atoms with Gasteiger partial charge < -0.3 is 9.47 Å². The molecule has 0 bridgehead atoms. The molecule has 0 saturated heterocycles. The largest absolute Gasteiger partial charge is 0.497 e. The van der Waals surface area contributed by atoms with E-state index in [1.807, 2.05) is 55.5 Å². The third-order valence-electron chi connectivity index (χ3n) is 3.81. The predicted octanol–water partition coefficient (Wildman–Crippen LogP) is 3.95. The third-order valence-corrected chi connectivity index (χ3v) is 4.73. The molecular formula is C19H21N5O2S. The number of aromatic nitrogens is 3. The van der Waals surface area contributed by atoms with E-state index in [0.717, 1.165) is 28.5 Å². The maximum atomic E-state index is 5.23. The van der Waals surface area contributed by atoms with Gasteiger partial charge in [0.1, 0.15) is 11.5 Å². The van der Waals surface area contributed by atoms with Crippen LogP contribution in [0, 0.1) is 0 Å². The molecule has 0 saturated carbocycles. The molecule has 27 heavy (non-hydrogen) atoms. The lowest BCUT2D eigenvalue weighted by Gasteiger charge is -2.04. The SMILES string of the molecule is COc1ccc(CSc2n[nH]c(N/N=C(\C)c3cccc(OC)c3)n2)cc1. The number of methoxy groups -OCH3 is 2. The summed E-state index contributed by atoms with van der Waals surface area (Å²) in [7, 11) is 3.30. The summed E-state index contributed by atoms with van der Waals surface area (Å²) < 4.78 is 10.4. The maximum absolute atomic E-state index is 5.23. The zero-order valence-corrected chi connectivity index (χ0v) is 16.2. The highest BCUT2D eigenvalue weighted by atomic mass is 32.2. The van der Waals surface area contributed by atoms with Crippen LogP contribution in [0.1, 0.15) is 18.1 Å². The molecule has 0 unspecified atom stereocenters. The van der Waals surface area contributed by atoms with Gasteiger partial charge in [0.05, 0.1) is 19.9 Å². The van der Waals surface area contributed by atoms with Gasteiger partial charge in [0.25, 0.3) is 0 Å². The highest BCUT2D eigenvalue weighted by Gasteiger charge is 2.05. The average molecular weight is 383 g/mol. The molecule has 0 aliphatic heterocycles. The molecule has 0 fully saturated rings. The summed E-state index contributed by atoms with van der Waals surface area (Å²) in [5, 5.41) is 12.0. The van der Waals surface area contributed by atoms with Gasteiger partial charge >= 0.3 is 0 Å². The Hall–Kier alpha value is -3.00. The first-order valence-corrected chi connectivity index (χ1v) is 9.29. The molecule has 140 valence electrons. The fourth-order valence-corrected chi connectivity index (χ4v) is 3.03. The number of aromatic amines is 1. The van der Waals surface area contributed by atoms with Crippen LogP contribution in [0.15, 0.2) is 58.8 Å². The summed E-state index contributed by atoms with van der Waals surface area (Å²) in [6, 6.07) is 15.7. The highest BCUT2D eigenvalue weighted by molar-refractivity contribution is 7.98.